The number of ether oxygens (including phenoxy) is 1. The normalized spacial score (nSPS) is 16.2. The highest BCUT2D eigenvalue weighted by molar-refractivity contribution is 7.91. The first-order valence-corrected chi connectivity index (χ1v) is 11.3. The number of amides is 2. The molecule has 0 saturated carbocycles. The molecule has 172 valence electrons. The maximum Gasteiger partial charge on any atom is 0.410 e. The van der Waals surface area contributed by atoms with Gasteiger partial charge < -0.3 is 10.1 Å². The van der Waals surface area contributed by atoms with Gasteiger partial charge in [0.2, 0.25) is 5.91 Å². The topological polar surface area (TPSA) is 92.8 Å². The average molecular weight is 470 g/mol. The van der Waals surface area contributed by atoms with E-state index >= 15 is 0 Å². The molecule has 1 N–H and O–H groups in total. The zero-order chi connectivity index (χ0) is 23.5. The van der Waals surface area contributed by atoms with E-state index in [1.54, 1.807) is 0 Å². The van der Waals surface area contributed by atoms with E-state index in [4.69, 9.17) is 4.74 Å². The SMILES string of the molecule is CC(COC(=O)N1CCNC(=O)C1)C(c1cc(F)ccc1F)S(=O)(=O)c1ccc(F)cc1. The molecule has 32 heavy (non-hydrogen) atoms. The van der Waals surface area contributed by atoms with Crippen molar-refractivity contribution in [2.75, 3.05) is 26.2 Å². The molecule has 11 heteroatoms. The fourth-order valence-corrected chi connectivity index (χ4v) is 5.47. The Morgan fingerprint density at radius 1 is 1.12 bits per heavy atom. The van der Waals surface area contributed by atoms with Crippen LogP contribution in [0.3, 0.4) is 0 Å². The molecule has 3 rings (SSSR count). The molecule has 0 spiro atoms. The number of carbonyl (C=O) groups excluding carboxylic acids is 2. The highest BCUT2D eigenvalue weighted by atomic mass is 32.2. The maximum atomic E-state index is 14.6. The average Bonchev–Trinajstić information content (AvgIpc) is 2.74. The molecule has 0 radical (unpaired) electrons. The summed E-state index contributed by atoms with van der Waals surface area (Å²) >= 11 is 0. The standard InChI is InChI=1S/C21H21F3N2O5S/c1-13(12-31-21(28)26-9-8-25-19(27)11-26)20(17-10-15(23)4-7-18(17)24)32(29,30)16-5-2-14(22)3-6-16/h2-7,10,13,20H,8-9,11-12H2,1H3,(H,25,27). The van der Waals surface area contributed by atoms with E-state index in [9.17, 15) is 31.2 Å². The number of nitrogens with one attached hydrogen (secondary N) is 1. The van der Waals surface area contributed by atoms with Crippen LogP contribution in [0.1, 0.15) is 17.7 Å². The molecule has 7 nitrogen and oxygen atoms in total. The summed E-state index contributed by atoms with van der Waals surface area (Å²) in [6, 6.07) is 6.37. The number of hydrogen-bond acceptors (Lipinski definition) is 5. The number of rotatable bonds is 6. The van der Waals surface area contributed by atoms with Crippen LogP contribution < -0.4 is 5.32 Å². The summed E-state index contributed by atoms with van der Waals surface area (Å²) in [4.78, 5) is 24.6. The first-order chi connectivity index (χ1) is 15.1. The zero-order valence-corrected chi connectivity index (χ0v) is 17.9. The maximum absolute atomic E-state index is 14.6. The smallest absolute Gasteiger partial charge is 0.410 e. The van der Waals surface area contributed by atoms with Crippen LogP contribution in [0.4, 0.5) is 18.0 Å². The fraction of sp³-hybridized carbons (Fsp3) is 0.333. The Morgan fingerprint density at radius 3 is 2.44 bits per heavy atom. The molecule has 1 heterocycles. The number of carbonyl (C=O) groups is 2. The molecule has 1 aliphatic rings. The van der Waals surface area contributed by atoms with E-state index in [0.29, 0.717) is 0 Å². The first-order valence-electron chi connectivity index (χ1n) is 9.72. The molecule has 2 aromatic rings. The van der Waals surface area contributed by atoms with Crippen molar-refractivity contribution in [1.29, 1.82) is 0 Å². The van der Waals surface area contributed by atoms with Crippen molar-refractivity contribution < 1.29 is 35.9 Å². The van der Waals surface area contributed by atoms with Crippen molar-refractivity contribution in [2.24, 2.45) is 5.92 Å². The Kier molecular flexibility index (Phi) is 7.07. The summed E-state index contributed by atoms with van der Waals surface area (Å²) in [5.74, 6) is -3.83. The van der Waals surface area contributed by atoms with Crippen LogP contribution in [0.5, 0.6) is 0 Å². The van der Waals surface area contributed by atoms with Crippen molar-refractivity contribution in [3.05, 3.63) is 65.5 Å². The molecule has 2 aromatic carbocycles. The summed E-state index contributed by atoms with van der Waals surface area (Å²) < 4.78 is 73.6. The predicted octanol–water partition coefficient (Wildman–Crippen LogP) is 2.82. The van der Waals surface area contributed by atoms with Crippen molar-refractivity contribution in [2.45, 2.75) is 17.1 Å². The summed E-state index contributed by atoms with van der Waals surface area (Å²) in [5.41, 5.74) is -0.435. The van der Waals surface area contributed by atoms with Gasteiger partial charge in [-0.2, -0.15) is 0 Å². The second-order valence-corrected chi connectivity index (χ2v) is 9.48. The molecule has 0 bridgehead atoms. The molecule has 2 atom stereocenters. The third kappa shape index (κ3) is 5.21. The van der Waals surface area contributed by atoms with Gasteiger partial charge in [0, 0.05) is 24.6 Å². The summed E-state index contributed by atoms with van der Waals surface area (Å²) in [5, 5.41) is 0.929. The number of halogens is 3. The van der Waals surface area contributed by atoms with Crippen molar-refractivity contribution in [3.8, 4) is 0 Å². The lowest BCUT2D eigenvalue weighted by Gasteiger charge is -2.28. The molecule has 0 aliphatic carbocycles. The van der Waals surface area contributed by atoms with Crippen molar-refractivity contribution in [1.82, 2.24) is 10.2 Å². The first kappa shape index (κ1) is 23.6. The Bertz CT molecular complexity index is 1110. The largest absolute Gasteiger partial charge is 0.449 e. The molecule has 0 aromatic heterocycles. The Balaban J connectivity index is 1.90. The van der Waals surface area contributed by atoms with Gasteiger partial charge >= 0.3 is 6.09 Å². The minimum atomic E-state index is -4.33. The lowest BCUT2D eigenvalue weighted by Crippen LogP contribution is -2.50. The van der Waals surface area contributed by atoms with E-state index in [1.807, 2.05) is 0 Å². The van der Waals surface area contributed by atoms with E-state index in [2.05, 4.69) is 5.32 Å². The van der Waals surface area contributed by atoms with E-state index < -0.39 is 56.7 Å². The number of benzene rings is 2. The molecule has 1 fully saturated rings. The molecule has 1 saturated heterocycles. The predicted molar refractivity (Wildman–Crippen MR) is 108 cm³/mol. The highest BCUT2D eigenvalue weighted by Crippen LogP contribution is 2.37. The van der Waals surface area contributed by atoms with Gasteiger partial charge in [0.25, 0.3) is 0 Å². The van der Waals surface area contributed by atoms with Gasteiger partial charge in [-0.3, -0.25) is 9.69 Å². The fourth-order valence-electron chi connectivity index (χ4n) is 3.46. The van der Waals surface area contributed by atoms with Crippen LogP contribution in [0.2, 0.25) is 0 Å². The number of nitrogens with zero attached hydrogens (tertiary/aromatic N) is 1. The van der Waals surface area contributed by atoms with Crippen LogP contribution in [-0.2, 0) is 19.4 Å². The summed E-state index contributed by atoms with van der Waals surface area (Å²) in [6.45, 7) is 1.22. The monoisotopic (exact) mass is 470 g/mol. The summed E-state index contributed by atoms with van der Waals surface area (Å²) in [7, 11) is -4.33. The molecular formula is C21H21F3N2O5S. The van der Waals surface area contributed by atoms with Gasteiger partial charge in [-0.15, -0.1) is 0 Å². The summed E-state index contributed by atoms with van der Waals surface area (Å²) in [6.07, 6.45) is -0.829. The Labute approximate surface area is 183 Å². The van der Waals surface area contributed by atoms with Crippen LogP contribution >= 0.6 is 0 Å². The van der Waals surface area contributed by atoms with Gasteiger partial charge in [0.1, 0.15) is 24.0 Å². The molecular weight excluding hydrogens is 449 g/mol. The van der Waals surface area contributed by atoms with Crippen molar-refractivity contribution in [3.63, 3.8) is 0 Å². The van der Waals surface area contributed by atoms with Gasteiger partial charge in [-0.05, 0) is 42.5 Å². The van der Waals surface area contributed by atoms with Gasteiger partial charge in [-0.1, -0.05) is 6.92 Å². The zero-order valence-electron chi connectivity index (χ0n) is 17.1. The molecule has 1 aliphatic heterocycles. The third-order valence-corrected chi connectivity index (χ3v) is 7.34. The van der Waals surface area contributed by atoms with E-state index in [0.717, 1.165) is 47.4 Å². The second kappa shape index (κ2) is 9.60. The van der Waals surface area contributed by atoms with Gasteiger partial charge in [-0.25, -0.2) is 26.4 Å². The third-order valence-electron chi connectivity index (χ3n) is 5.02. The second-order valence-electron chi connectivity index (χ2n) is 7.41. The van der Waals surface area contributed by atoms with Crippen LogP contribution in [-0.4, -0.2) is 51.6 Å². The minimum Gasteiger partial charge on any atom is -0.449 e. The lowest BCUT2D eigenvalue weighted by atomic mass is 10.0. The molecule has 2 amide bonds. The van der Waals surface area contributed by atoms with Crippen LogP contribution in [0.25, 0.3) is 0 Å². The van der Waals surface area contributed by atoms with Gasteiger partial charge in [0.05, 0.1) is 16.8 Å². The van der Waals surface area contributed by atoms with Crippen molar-refractivity contribution >= 4 is 21.8 Å². The van der Waals surface area contributed by atoms with E-state index in [1.165, 1.54) is 6.92 Å². The Morgan fingerprint density at radius 2 is 1.78 bits per heavy atom. The van der Waals surface area contributed by atoms with Gasteiger partial charge in [0.15, 0.2) is 9.84 Å². The number of sulfone groups is 1. The quantitative estimate of drug-likeness (QED) is 0.656. The minimum absolute atomic E-state index is 0.205. The number of piperazine rings is 1. The highest BCUT2D eigenvalue weighted by Gasteiger charge is 2.37. The van der Waals surface area contributed by atoms with Crippen LogP contribution in [0.15, 0.2) is 47.4 Å². The lowest BCUT2D eigenvalue weighted by molar-refractivity contribution is -0.123. The number of hydrogen-bond donors (Lipinski definition) is 1. The van der Waals surface area contributed by atoms with Crippen LogP contribution in [0, 0.1) is 23.4 Å². The Hall–Kier alpha value is -3.08. The molecule has 2 unspecified atom stereocenters. The van der Waals surface area contributed by atoms with E-state index in [-0.39, 0.29) is 30.4 Å².